The van der Waals surface area contributed by atoms with Crippen LogP contribution >= 0.6 is 0 Å². The normalized spacial score (nSPS) is 13.5. The second-order valence-electron chi connectivity index (χ2n) is 7.01. The Kier molecular flexibility index (Phi) is 5.14. The van der Waals surface area contributed by atoms with Crippen molar-refractivity contribution in [2.75, 3.05) is 16.8 Å². The molecule has 152 valence electrons. The second kappa shape index (κ2) is 7.90. The zero-order valence-corrected chi connectivity index (χ0v) is 16.3. The van der Waals surface area contributed by atoms with Crippen molar-refractivity contribution in [3.63, 3.8) is 0 Å². The van der Waals surface area contributed by atoms with Crippen molar-refractivity contribution in [1.82, 2.24) is 9.78 Å². The largest absolute Gasteiger partial charge is 0.320 e. The van der Waals surface area contributed by atoms with Gasteiger partial charge in [-0.25, -0.2) is 9.07 Å². The molecule has 8 heteroatoms. The third kappa shape index (κ3) is 3.71. The van der Waals surface area contributed by atoms with E-state index in [-0.39, 0.29) is 17.3 Å². The maximum absolute atomic E-state index is 14.2. The van der Waals surface area contributed by atoms with E-state index < -0.39 is 17.2 Å². The van der Waals surface area contributed by atoms with E-state index in [1.807, 2.05) is 0 Å². The number of aryl methyl sites for hydroxylation is 1. The molecule has 0 saturated carbocycles. The van der Waals surface area contributed by atoms with Crippen molar-refractivity contribution >= 4 is 23.2 Å². The summed E-state index contributed by atoms with van der Waals surface area (Å²) >= 11 is 0. The molecule has 2 heterocycles. The highest BCUT2D eigenvalue weighted by Crippen LogP contribution is 2.23. The highest BCUT2D eigenvalue weighted by Gasteiger charge is 2.22. The van der Waals surface area contributed by atoms with Crippen LogP contribution in [0.4, 0.5) is 15.8 Å². The van der Waals surface area contributed by atoms with Gasteiger partial charge in [0.2, 0.25) is 11.3 Å². The van der Waals surface area contributed by atoms with Crippen LogP contribution in [0.1, 0.15) is 29.0 Å². The minimum Gasteiger partial charge on any atom is -0.320 e. The van der Waals surface area contributed by atoms with E-state index in [1.165, 1.54) is 22.9 Å². The van der Waals surface area contributed by atoms with Gasteiger partial charge in [-0.2, -0.15) is 5.10 Å². The number of amides is 2. The van der Waals surface area contributed by atoms with Gasteiger partial charge in [0.25, 0.3) is 5.91 Å². The molecule has 30 heavy (non-hydrogen) atoms. The Bertz CT molecular complexity index is 1190. The Balaban J connectivity index is 1.59. The number of rotatable bonds is 4. The van der Waals surface area contributed by atoms with Crippen LogP contribution in [0.3, 0.4) is 0 Å². The van der Waals surface area contributed by atoms with Gasteiger partial charge in [0.1, 0.15) is 11.5 Å². The maximum Gasteiger partial charge on any atom is 0.280 e. The number of benzene rings is 2. The van der Waals surface area contributed by atoms with Crippen LogP contribution in [-0.2, 0) is 4.79 Å². The summed E-state index contributed by atoms with van der Waals surface area (Å²) in [6.45, 7) is 2.29. The zero-order chi connectivity index (χ0) is 21.3. The Morgan fingerprint density at radius 2 is 1.83 bits per heavy atom. The molecule has 1 fully saturated rings. The highest BCUT2D eigenvalue weighted by atomic mass is 19.1. The van der Waals surface area contributed by atoms with Crippen molar-refractivity contribution in [3.8, 4) is 5.69 Å². The molecule has 0 radical (unpaired) electrons. The quantitative estimate of drug-likeness (QED) is 0.722. The number of carbonyl (C=O) groups excluding carboxylic acids is 2. The molecule has 1 N–H and O–H groups in total. The average Bonchev–Trinajstić information content (AvgIpc) is 3.15. The number of aromatic nitrogens is 2. The van der Waals surface area contributed by atoms with E-state index in [0.29, 0.717) is 24.3 Å². The second-order valence-corrected chi connectivity index (χ2v) is 7.01. The minimum atomic E-state index is -0.699. The molecule has 7 nitrogen and oxygen atoms in total. The van der Waals surface area contributed by atoms with Gasteiger partial charge in [0.05, 0.1) is 0 Å². The maximum atomic E-state index is 14.2. The smallest absolute Gasteiger partial charge is 0.280 e. The zero-order valence-electron chi connectivity index (χ0n) is 16.3. The molecule has 4 rings (SSSR count). The number of anilines is 2. The molecule has 0 aliphatic carbocycles. The van der Waals surface area contributed by atoms with E-state index in [1.54, 1.807) is 48.2 Å². The van der Waals surface area contributed by atoms with Crippen LogP contribution in [0, 0.1) is 12.7 Å². The first-order valence-corrected chi connectivity index (χ1v) is 9.52. The third-order valence-corrected chi connectivity index (χ3v) is 4.91. The molecule has 0 bridgehead atoms. The van der Waals surface area contributed by atoms with Gasteiger partial charge in [-0.3, -0.25) is 14.4 Å². The molecule has 1 aliphatic rings. The lowest BCUT2D eigenvalue weighted by molar-refractivity contribution is -0.117. The predicted molar refractivity (Wildman–Crippen MR) is 111 cm³/mol. The fourth-order valence-electron chi connectivity index (χ4n) is 3.41. The molecule has 2 aromatic carbocycles. The van der Waals surface area contributed by atoms with Crippen LogP contribution in [0.25, 0.3) is 5.69 Å². The molecular formula is C22H19FN4O3. The lowest BCUT2D eigenvalue weighted by atomic mass is 10.2. The van der Waals surface area contributed by atoms with Crippen molar-refractivity contribution < 1.29 is 14.0 Å². The van der Waals surface area contributed by atoms with Crippen molar-refractivity contribution in [2.24, 2.45) is 0 Å². The van der Waals surface area contributed by atoms with Gasteiger partial charge in [-0.15, -0.1) is 0 Å². The lowest BCUT2D eigenvalue weighted by Gasteiger charge is -2.16. The van der Waals surface area contributed by atoms with Crippen LogP contribution in [-0.4, -0.2) is 28.1 Å². The molecule has 0 spiro atoms. The number of para-hydroxylation sites is 1. The van der Waals surface area contributed by atoms with E-state index in [4.69, 9.17) is 0 Å². The van der Waals surface area contributed by atoms with Gasteiger partial charge in [-0.05, 0) is 49.7 Å². The standard InChI is InChI=1S/C22H19FN4O3/c1-14-13-19(28)21(25-27(14)18-6-3-2-5-17(18)23)22(30)24-15-8-10-16(11-9-15)26-12-4-7-20(26)29/h2-3,5-6,8-11,13H,4,7,12H2,1H3,(H,24,30). The van der Waals surface area contributed by atoms with E-state index in [2.05, 4.69) is 10.4 Å². The molecule has 1 aromatic heterocycles. The minimum absolute atomic E-state index is 0.0735. The first-order chi connectivity index (χ1) is 14.4. The molecule has 2 amide bonds. The molecule has 1 saturated heterocycles. The van der Waals surface area contributed by atoms with Gasteiger partial charge in [-0.1, -0.05) is 12.1 Å². The Labute approximate surface area is 171 Å². The summed E-state index contributed by atoms with van der Waals surface area (Å²) in [4.78, 5) is 38.5. The van der Waals surface area contributed by atoms with Gasteiger partial charge < -0.3 is 10.2 Å². The Hall–Kier alpha value is -3.81. The summed E-state index contributed by atoms with van der Waals surface area (Å²) < 4.78 is 15.4. The summed E-state index contributed by atoms with van der Waals surface area (Å²) in [7, 11) is 0. The van der Waals surface area contributed by atoms with Gasteiger partial charge >= 0.3 is 0 Å². The van der Waals surface area contributed by atoms with Crippen LogP contribution in [0.2, 0.25) is 0 Å². The van der Waals surface area contributed by atoms with E-state index >= 15 is 0 Å². The number of carbonyl (C=O) groups is 2. The summed E-state index contributed by atoms with van der Waals surface area (Å²) in [6, 6.07) is 14.0. The first kappa shape index (κ1) is 19.5. The number of nitrogens with zero attached hydrogens (tertiary/aromatic N) is 3. The average molecular weight is 406 g/mol. The van der Waals surface area contributed by atoms with Crippen LogP contribution < -0.4 is 15.6 Å². The molecule has 1 aliphatic heterocycles. The molecule has 3 aromatic rings. The van der Waals surface area contributed by atoms with Crippen molar-refractivity contribution in [1.29, 1.82) is 0 Å². The number of hydrogen-bond donors (Lipinski definition) is 1. The summed E-state index contributed by atoms with van der Waals surface area (Å²) in [5, 5.41) is 6.72. The van der Waals surface area contributed by atoms with Crippen molar-refractivity contribution in [2.45, 2.75) is 19.8 Å². The van der Waals surface area contributed by atoms with Gasteiger partial charge in [0, 0.05) is 36.1 Å². The van der Waals surface area contributed by atoms with Gasteiger partial charge in [0.15, 0.2) is 5.69 Å². The topological polar surface area (TPSA) is 84.3 Å². The number of halogens is 1. The Morgan fingerprint density at radius 3 is 2.50 bits per heavy atom. The first-order valence-electron chi connectivity index (χ1n) is 9.52. The molecular weight excluding hydrogens is 387 g/mol. The summed E-state index contributed by atoms with van der Waals surface area (Å²) in [6.07, 6.45) is 1.36. The van der Waals surface area contributed by atoms with E-state index in [9.17, 15) is 18.8 Å². The van der Waals surface area contributed by atoms with Crippen LogP contribution in [0.5, 0.6) is 0 Å². The predicted octanol–water partition coefficient (Wildman–Crippen LogP) is 3.06. The fraction of sp³-hybridized carbons (Fsp3) is 0.182. The molecule has 0 atom stereocenters. The van der Waals surface area contributed by atoms with Crippen molar-refractivity contribution in [3.05, 3.63) is 82.0 Å². The number of hydrogen-bond acceptors (Lipinski definition) is 4. The van der Waals surface area contributed by atoms with Crippen LogP contribution in [0.15, 0.2) is 59.4 Å². The van der Waals surface area contributed by atoms with E-state index in [0.717, 1.165) is 12.1 Å². The third-order valence-electron chi connectivity index (χ3n) is 4.91. The summed E-state index contributed by atoms with van der Waals surface area (Å²) in [5.41, 5.74) is 0.852. The Morgan fingerprint density at radius 1 is 1.10 bits per heavy atom. The fourth-order valence-corrected chi connectivity index (χ4v) is 3.41. The monoisotopic (exact) mass is 406 g/mol. The SMILES string of the molecule is Cc1cc(=O)c(C(=O)Nc2ccc(N3CCCC3=O)cc2)nn1-c1ccccc1F. The summed E-state index contributed by atoms with van der Waals surface area (Å²) in [5.74, 6) is -1.14. The lowest BCUT2D eigenvalue weighted by Crippen LogP contribution is -2.27. The highest BCUT2D eigenvalue weighted by molar-refractivity contribution is 6.03. The molecule has 0 unspecified atom stereocenters. The number of nitrogens with one attached hydrogen (secondary N) is 1.